The van der Waals surface area contributed by atoms with Gasteiger partial charge in [0.1, 0.15) is 11.4 Å². The predicted molar refractivity (Wildman–Crippen MR) is 96.0 cm³/mol. The van der Waals surface area contributed by atoms with Gasteiger partial charge in [0.15, 0.2) is 5.76 Å². The third-order valence-electron chi connectivity index (χ3n) is 3.52. The van der Waals surface area contributed by atoms with Gasteiger partial charge in [-0.25, -0.2) is 15.0 Å². The Morgan fingerprint density at radius 2 is 1.79 bits per heavy atom. The molecular weight excluding hydrogens is 342 g/mol. The van der Waals surface area contributed by atoms with Crippen LogP contribution in [0.1, 0.15) is 5.89 Å². The van der Waals surface area contributed by atoms with Crippen LogP contribution in [0.15, 0.2) is 70.5 Å². The van der Waals surface area contributed by atoms with Crippen molar-refractivity contribution in [1.29, 1.82) is 0 Å². The van der Waals surface area contributed by atoms with Crippen LogP contribution in [0.3, 0.4) is 0 Å². The van der Waals surface area contributed by atoms with Crippen LogP contribution in [0.25, 0.3) is 22.2 Å². The molecule has 0 saturated heterocycles. The van der Waals surface area contributed by atoms with Gasteiger partial charge in [0.25, 0.3) is 0 Å². The molecule has 0 aliphatic heterocycles. The van der Waals surface area contributed by atoms with E-state index in [9.17, 15) is 0 Å². The van der Waals surface area contributed by atoms with E-state index in [1.54, 1.807) is 24.3 Å². The van der Waals surface area contributed by atoms with Crippen molar-refractivity contribution in [2.24, 2.45) is 0 Å². The first-order valence-corrected chi connectivity index (χ1v) is 8.69. The van der Waals surface area contributed by atoms with Crippen LogP contribution >= 0.6 is 23.4 Å². The molecule has 0 aliphatic rings. The largest absolute Gasteiger partial charge is 0.440 e. The third-order valence-corrected chi connectivity index (χ3v) is 4.76. The molecule has 4 nitrogen and oxygen atoms in total. The highest BCUT2D eigenvalue weighted by atomic mass is 35.5. The molecule has 24 heavy (non-hydrogen) atoms. The zero-order chi connectivity index (χ0) is 16.4. The van der Waals surface area contributed by atoms with E-state index in [-0.39, 0.29) is 0 Å². The molecule has 0 bridgehead atoms. The maximum Gasteiger partial charge on any atom is 0.205 e. The van der Waals surface area contributed by atoms with E-state index in [1.165, 1.54) is 0 Å². The number of rotatable bonds is 4. The van der Waals surface area contributed by atoms with E-state index in [1.807, 2.05) is 48.5 Å². The Balaban J connectivity index is 1.53. The van der Waals surface area contributed by atoms with Gasteiger partial charge in [-0.15, -0.1) is 0 Å². The van der Waals surface area contributed by atoms with Crippen molar-refractivity contribution in [2.45, 2.75) is 10.8 Å². The molecule has 4 rings (SSSR count). The molecule has 0 radical (unpaired) electrons. The predicted octanol–water partition coefficient (Wildman–Crippen LogP) is 5.23. The van der Waals surface area contributed by atoms with Crippen LogP contribution < -0.4 is 0 Å². The highest BCUT2D eigenvalue weighted by Gasteiger charge is 2.09. The number of thioether (sulfide) groups is 1. The minimum Gasteiger partial charge on any atom is -0.440 e. The fourth-order valence-electron chi connectivity index (χ4n) is 2.35. The number of halogens is 1. The molecule has 0 aliphatic carbocycles. The number of benzene rings is 2. The van der Waals surface area contributed by atoms with E-state index in [0.717, 1.165) is 27.3 Å². The maximum atomic E-state index is 5.91. The molecular formula is C18H12ClN3OS. The van der Waals surface area contributed by atoms with E-state index in [4.69, 9.17) is 16.0 Å². The van der Waals surface area contributed by atoms with E-state index in [0.29, 0.717) is 16.7 Å². The van der Waals surface area contributed by atoms with Crippen molar-refractivity contribution in [3.8, 4) is 11.3 Å². The Morgan fingerprint density at radius 3 is 2.67 bits per heavy atom. The van der Waals surface area contributed by atoms with E-state index < -0.39 is 0 Å². The Kier molecular flexibility index (Phi) is 4.19. The quantitative estimate of drug-likeness (QED) is 0.371. The molecule has 118 valence electrons. The number of nitrogens with zero attached hydrogens (tertiary/aromatic N) is 3. The van der Waals surface area contributed by atoms with Gasteiger partial charge in [-0.2, -0.15) is 0 Å². The van der Waals surface area contributed by atoms with E-state index in [2.05, 4.69) is 15.0 Å². The highest BCUT2D eigenvalue weighted by Crippen LogP contribution is 2.29. The molecule has 0 atom stereocenters. The van der Waals surface area contributed by atoms with Gasteiger partial charge in [0, 0.05) is 16.0 Å². The Morgan fingerprint density at radius 1 is 0.958 bits per heavy atom. The first-order valence-electron chi connectivity index (χ1n) is 7.33. The summed E-state index contributed by atoms with van der Waals surface area (Å²) < 4.78 is 5.82. The van der Waals surface area contributed by atoms with Gasteiger partial charge in [0.05, 0.1) is 17.5 Å². The second-order valence-electron chi connectivity index (χ2n) is 5.11. The van der Waals surface area contributed by atoms with Gasteiger partial charge < -0.3 is 4.42 Å². The summed E-state index contributed by atoms with van der Waals surface area (Å²) in [6.45, 7) is 0. The average Bonchev–Trinajstić information content (AvgIpc) is 3.09. The van der Waals surface area contributed by atoms with Gasteiger partial charge in [-0.3, -0.25) is 0 Å². The Hall–Kier alpha value is -2.37. The number of fused-ring (bicyclic) bond motifs is 1. The monoisotopic (exact) mass is 353 g/mol. The summed E-state index contributed by atoms with van der Waals surface area (Å²) in [5, 5.41) is 2.66. The molecule has 2 aromatic heterocycles. The summed E-state index contributed by atoms with van der Waals surface area (Å²) in [5.74, 6) is 2.00. The summed E-state index contributed by atoms with van der Waals surface area (Å²) >= 11 is 7.49. The highest BCUT2D eigenvalue weighted by molar-refractivity contribution is 7.98. The summed E-state index contributed by atoms with van der Waals surface area (Å²) in [5.41, 5.74) is 1.89. The zero-order valence-corrected chi connectivity index (χ0v) is 14.1. The van der Waals surface area contributed by atoms with Crippen molar-refractivity contribution in [3.63, 3.8) is 0 Å². The van der Waals surface area contributed by atoms with Crippen LogP contribution in [-0.4, -0.2) is 15.0 Å². The molecule has 4 aromatic rings. The molecule has 0 amide bonds. The summed E-state index contributed by atoms with van der Waals surface area (Å²) in [7, 11) is 0. The number of aromatic nitrogens is 3. The summed E-state index contributed by atoms with van der Waals surface area (Å²) in [4.78, 5) is 13.0. The SMILES string of the molecule is Clc1ccc(-c2cnc(CSc3ncnc4ccccc34)o2)cc1. The molecule has 2 heterocycles. The number of hydrogen-bond acceptors (Lipinski definition) is 5. The second kappa shape index (κ2) is 6.63. The molecule has 2 aromatic carbocycles. The molecule has 6 heteroatoms. The minimum absolute atomic E-state index is 0.606. The smallest absolute Gasteiger partial charge is 0.205 e. The first kappa shape index (κ1) is 15.2. The topological polar surface area (TPSA) is 51.8 Å². The van der Waals surface area contributed by atoms with Crippen molar-refractivity contribution < 1.29 is 4.42 Å². The van der Waals surface area contributed by atoms with Crippen molar-refractivity contribution in [1.82, 2.24) is 15.0 Å². The van der Waals surface area contributed by atoms with Gasteiger partial charge in [-0.1, -0.05) is 41.6 Å². The number of hydrogen-bond donors (Lipinski definition) is 0. The van der Waals surface area contributed by atoms with Crippen molar-refractivity contribution >= 4 is 34.3 Å². The van der Waals surface area contributed by atoms with Crippen LogP contribution in [0.5, 0.6) is 0 Å². The van der Waals surface area contributed by atoms with Crippen LogP contribution in [-0.2, 0) is 5.75 Å². The lowest BCUT2D eigenvalue weighted by molar-refractivity contribution is 0.530. The standard InChI is InChI=1S/C18H12ClN3OS/c19-13-7-5-12(6-8-13)16-9-20-17(23-16)10-24-18-14-3-1-2-4-15(14)21-11-22-18/h1-9,11H,10H2. The number of para-hydroxylation sites is 1. The lowest BCUT2D eigenvalue weighted by Gasteiger charge is -2.02. The third kappa shape index (κ3) is 3.13. The van der Waals surface area contributed by atoms with Crippen LogP contribution in [0, 0.1) is 0 Å². The van der Waals surface area contributed by atoms with Crippen LogP contribution in [0.4, 0.5) is 0 Å². The molecule has 0 saturated carbocycles. The van der Waals surface area contributed by atoms with Crippen molar-refractivity contribution in [3.05, 3.63) is 72.0 Å². The minimum atomic E-state index is 0.606. The van der Waals surface area contributed by atoms with Gasteiger partial charge in [0.2, 0.25) is 5.89 Å². The first-order chi connectivity index (χ1) is 11.8. The lowest BCUT2D eigenvalue weighted by Crippen LogP contribution is -1.87. The normalized spacial score (nSPS) is 11.0. The average molecular weight is 354 g/mol. The molecule has 0 unspecified atom stereocenters. The summed E-state index contributed by atoms with van der Waals surface area (Å²) in [6.07, 6.45) is 3.32. The van der Waals surface area contributed by atoms with Crippen LogP contribution in [0.2, 0.25) is 5.02 Å². The zero-order valence-electron chi connectivity index (χ0n) is 12.5. The fourth-order valence-corrected chi connectivity index (χ4v) is 3.32. The lowest BCUT2D eigenvalue weighted by atomic mass is 10.2. The number of oxazole rings is 1. The Bertz CT molecular complexity index is 980. The fraction of sp³-hybridized carbons (Fsp3) is 0.0556. The molecule has 0 fully saturated rings. The van der Waals surface area contributed by atoms with Crippen molar-refractivity contribution in [2.75, 3.05) is 0 Å². The molecule has 0 N–H and O–H groups in total. The second-order valence-corrected chi connectivity index (χ2v) is 6.51. The van der Waals surface area contributed by atoms with Gasteiger partial charge in [-0.05, 0) is 30.3 Å². The maximum absolute atomic E-state index is 5.91. The summed E-state index contributed by atoms with van der Waals surface area (Å²) in [6, 6.07) is 15.4. The Labute approximate surface area is 147 Å². The van der Waals surface area contributed by atoms with E-state index >= 15 is 0 Å². The molecule has 0 spiro atoms. The van der Waals surface area contributed by atoms with Gasteiger partial charge >= 0.3 is 0 Å².